The summed E-state index contributed by atoms with van der Waals surface area (Å²) in [5.41, 5.74) is 0. The van der Waals surface area contributed by atoms with Crippen molar-refractivity contribution in [3.63, 3.8) is 0 Å². The summed E-state index contributed by atoms with van der Waals surface area (Å²) < 4.78 is 9.74. The van der Waals surface area contributed by atoms with Crippen LogP contribution in [-0.2, 0) is 14.3 Å². The van der Waals surface area contributed by atoms with E-state index in [1.165, 1.54) is 14.2 Å². The molecule has 0 saturated carbocycles. The van der Waals surface area contributed by atoms with Crippen molar-refractivity contribution in [1.29, 1.82) is 0 Å². The van der Waals surface area contributed by atoms with Gasteiger partial charge in [-0.1, -0.05) is 0 Å². The first kappa shape index (κ1) is 9.39. The number of carbonyl (C=O) groups excluding carboxylic acids is 1. The lowest BCUT2D eigenvalue weighted by molar-refractivity contribution is -0.128. The minimum Gasteiger partial charge on any atom is -0.354 e. The Bertz CT molecular complexity index is 93.0. The summed E-state index contributed by atoms with van der Waals surface area (Å²) in [7, 11) is 3.05. The van der Waals surface area contributed by atoms with Crippen molar-refractivity contribution in [3.05, 3.63) is 0 Å². The lowest BCUT2D eigenvalue weighted by atomic mass is 10.3. The third kappa shape index (κ3) is 2.80. The summed E-state index contributed by atoms with van der Waals surface area (Å²) in [4.78, 5) is 9.93. The molecule has 0 bridgehead atoms. The van der Waals surface area contributed by atoms with Gasteiger partial charge in [-0.15, -0.1) is 0 Å². The van der Waals surface area contributed by atoms with E-state index in [0.29, 0.717) is 6.41 Å². The second-order valence-electron chi connectivity index (χ2n) is 1.91. The van der Waals surface area contributed by atoms with E-state index in [2.05, 4.69) is 5.32 Å². The maximum absolute atomic E-state index is 9.93. The largest absolute Gasteiger partial charge is 0.354 e. The molecule has 10 heavy (non-hydrogen) atoms. The van der Waals surface area contributed by atoms with Gasteiger partial charge in [-0.2, -0.15) is 0 Å². The van der Waals surface area contributed by atoms with Crippen molar-refractivity contribution in [2.75, 3.05) is 14.2 Å². The zero-order valence-corrected chi connectivity index (χ0v) is 6.46. The Kier molecular flexibility index (Phi) is 4.88. The highest BCUT2D eigenvalue weighted by molar-refractivity contribution is 5.46. The molecule has 4 nitrogen and oxygen atoms in total. The lowest BCUT2D eigenvalue weighted by Crippen LogP contribution is -2.38. The summed E-state index contributed by atoms with van der Waals surface area (Å²) in [6, 6.07) is -0.118. The smallest absolute Gasteiger partial charge is 0.207 e. The van der Waals surface area contributed by atoms with Crippen LogP contribution in [0.3, 0.4) is 0 Å². The number of methoxy groups -OCH3 is 2. The Balaban J connectivity index is 3.63. The average molecular weight is 147 g/mol. The van der Waals surface area contributed by atoms with Crippen LogP contribution in [0.4, 0.5) is 0 Å². The molecule has 0 saturated heterocycles. The fourth-order valence-corrected chi connectivity index (χ4v) is 0.690. The third-order valence-corrected chi connectivity index (χ3v) is 1.20. The minimum absolute atomic E-state index is 0.118. The Morgan fingerprint density at radius 1 is 1.40 bits per heavy atom. The van der Waals surface area contributed by atoms with Gasteiger partial charge in [-0.25, -0.2) is 0 Å². The number of hydrogen-bond donors (Lipinski definition) is 1. The van der Waals surface area contributed by atoms with E-state index < -0.39 is 0 Å². The average Bonchev–Trinajstić information content (AvgIpc) is 1.91. The molecule has 0 fully saturated rings. The molecule has 1 amide bonds. The van der Waals surface area contributed by atoms with Crippen LogP contribution in [0.15, 0.2) is 0 Å². The van der Waals surface area contributed by atoms with Gasteiger partial charge >= 0.3 is 0 Å². The summed E-state index contributed by atoms with van der Waals surface area (Å²) in [6.45, 7) is 1.80. The Labute approximate surface area is 60.5 Å². The standard InChI is InChI=1S/C6H13NO3/c1-5(7-4-8)6(9-2)10-3/h4-6H,1-3H3,(H,7,8). The molecular weight excluding hydrogens is 134 g/mol. The van der Waals surface area contributed by atoms with Crippen molar-refractivity contribution < 1.29 is 14.3 Å². The second-order valence-corrected chi connectivity index (χ2v) is 1.91. The van der Waals surface area contributed by atoms with Crippen molar-refractivity contribution >= 4 is 6.41 Å². The molecule has 0 spiro atoms. The molecule has 0 radical (unpaired) electrons. The van der Waals surface area contributed by atoms with Crippen LogP contribution in [0.5, 0.6) is 0 Å². The molecule has 0 heterocycles. The van der Waals surface area contributed by atoms with Crippen molar-refractivity contribution in [1.82, 2.24) is 5.32 Å². The van der Waals surface area contributed by atoms with Crippen LogP contribution >= 0.6 is 0 Å². The number of amides is 1. The van der Waals surface area contributed by atoms with Gasteiger partial charge in [0.25, 0.3) is 0 Å². The summed E-state index contributed by atoms with van der Waals surface area (Å²) in [6.07, 6.45) is 0.251. The van der Waals surface area contributed by atoms with Crippen LogP contribution in [-0.4, -0.2) is 33.0 Å². The number of carbonyl (C=O) groups is 1. The lowest BCUT2D eigenvalue weighted by Gasteiger charge is -2.19. The molecule has 0 aliphatic carbocycles. The van der Waals surface area contributed by atoms with Gasteiger partial charge in [0.05, 0.1) is 6.04 Å². The monoisotopic (exact) mass is 147 g/mol. The highest BCUT2D eigenvalue weighted by Crippen LogP contribution is 1.96. The van der Waals surface area contributed by atoms with E-state index in [9.17, 15) is 4.79 Å². The zero-order valence-electron chi connectivity index (χ0n) is 6.46. The number of hydrogen-bond acceptors (Lipinski definition) is 3. The molecule has 0 aromatic rings. The number of rotatable bonds is 5. The van der Waals surface area contributed by atoms with Crippen LogP contribution in [0, 0.1) is 0 Å². The molecular formula is C6H13NO3. The highest BCUT2D eigenvalue weighted by Gasteiger charge is 2.13. The van der Waals surface area contributed by atoms with Gasteiger partial charge in [0.1, 0.15) is 0 Å². The van der Waals surface area contributed by atoms with Gasteiger partial charge < -0.3 is 14.8 Å². The van der Waals surface area contributed by atoms with Crippen LogP contribution in [0.2, 0.25) is 0 Å². The molecule has 1 N–H and O–H groups in total. The van der Waals surface area contributed by atoms with Gasteiger partial charge in [0.2, 0.25) is 6.41 Å². The molecule has 0 rings (SSSR count). The summed E-state index contributed by atoms with van der Waals surface area (Å²) in [5, 5.41) is 2.52. The predicted molar refractivity (Wildman–Crippen MR) is 36.5 cm³/mol. The quantitative estimate of drug-likeness (QED) is 0.430. The fraction of sp³-hybridized carbons (Fsp3) is 0.833. The summed E-state index contributed by atoms with van der Waals surface area (Å²) in [5.74, 6) is 0. The molecule has 0 aromatic carbocycles. The van der Waals surface area contributed by atoms with E-state index in [-0.39, 0.29) is 12.3 Å². The van der Waals surface area contributed by atoms with Crippen LogP contribution < -0.4 is 5.32 Å². The van der Waals surface area contributed by atoms with Crippen LogP contribution in [0.1, 0.15) is 6.92 Å². The minimum atomic E-state index is -0.370. The molecule has 1 unspecified atom stereocenters. The second kappa shape index (κ2) is 5.20. The van der Waals surface area contributed by atoms with Crippen LogP contribution in [0.25, 0.3) is 0 Å². The molecule has 0 aromatic heterocycles. The zero-order chi connectivity index (χ0) is 7.98. The maximum Gasteiger partial charge on any atom is 0.207 e. The first-order valence-electron chi connectivity index (χ1n) is 3.01. The van der Waals surface area contributed by atoms with Crippen molar-refractivity contribution in [2.45, 2.75) is 19.3 Å². The Morgan fingerprint density at radius 3 is 2.20 bits per heavy atom. The van der Waals surface area contributed by atoms with E-state index in [0.717, 1.165) is 0 Å². The Morgan fingerprint density at radius 2 is 1.90 bits per heavy atom. The van der Waals surface area contributed by atoms with E-state index in [4.69, 9.17) is 9.47 Å². The molecule has 60 valence electrons. The first-order chi connectivity index (χ1) is 4.76. The van der Waals surface area contributed by atoms with Gasteiger partial charge in [0, 0.05) is 14.2 Å². The maximum atomic E-state index is 9.93. The first-order valence-corrected chi connectivity index (χ1v) is 3.01. The molecule has 0 aliphatic rings. The van der Waals surface area contributed by atoms with Gasteiger partial charge in [-0.3, -0.25) is 4.79 Å². The SMILES string of the molecule is COC(OC)C(C)NC=O. The fourth-order valence-electron chi connectivity index (χ4n) is 0.690. The van der Waals surface area contributed by atoms with Crippen molar-refractivity contribution in [3.8, 4) is 0 Å². The third-order valence-electron chi connectivity index (χ3n) is 1.20. The highest BCUT2D eigenvalue weighted by atomic mass is 16.7. The molecule has 4 heteroatoms. The van der Waals surface area contributed by atoms with E-state index >= 15 is 0 Å². The Hall–Kier alpha value is -0.610. The normalized spacial score (nSPS) is 13.2. The van der Waals surface area contributed by atoms with Crippen molar-refractivity contribution in [2.24, 2.45) is 0 Å². The molecule has 0 aliphatic heterocycles. The van der Waals surface area contributed by atoms with Gasteiger partial charge in [-0.05, 0) is 6.92 Å². The van der Waals surface area contributed by atoms with E-state index in [1.54, 1.807) is 6.92 Å². The number of nitrogens with one attached hydrogen (secondary N) is 1. The summed E-state index contributed by atoms with van der Waals surface area (Å²) >= 11 is 0. The van der Waals surface area contributed by atoms with Gasteiger partial charge in [0.15, 0.2) is 6.29 Å². The topological polar surface area (TPSA) is 47.6 Å². The number of ether oxygens (including phenoxy) is 2. The van der Waals surface area contributed by atoms with E-state index in [1.807, 2.05) is 0 Å². The predicted octanol–water partition coefficient (Wildman–Crippen LogP) is -0.260. The molecule has 1 atom stereocenters.